The van der Waals surface area contributed by atoms with Crippen molar-refractivity contribution >= 4 is 45.9 Å². The van der Waals surface area contributed by atoms with Crippen molar-refractivity contribution in [3.8, 4) is 5.75 Å². The molecule has 1 fully saturated rings. The number of methoxy groups -OCH3 is 1. The van der Waals surface area contributed by atoms with Crippen molar-refractivity contribution in [2.45, 2.75) is 5.37 Å². The van der Waals surface area contributed by atoms with Crippen LogP contribution in [0.2, 0.25) is 0 Å². The highest BCUT2D eigenvalue weighted by molar-refractivity contribution is 14.1. The number of hydrogen-bond donors (Lipinski definition) is 0. The maximum Gasteiger partial charge on any atom is 0.238 e. The molecule has 0 aromatic heterocycles. The van der Waals surface area contributed by atoms with Gasteiger partial charge in [-0.15, -0.1) is 11.8 Å². The third-order valence-corrected chi connectivity index (χ3v) is 5.31. The summed E-state index contributed by atoms with van der Waals surface area (Å²) in [5, 5.41) is 0.0310. The van der Waals surface area contributed by atoms with Gasteiger partial charge in [-0.2, -0.15) is 0 Å². The van der Waals surface area contributed by atoms with Crippen LogP contribution < -0.4 is 9.64 Å². The zero-order valence-corrected chi connectivity index (χ0v) is 14.4. The number of nitrogens with zero attached hydrogens (tertiary/aromatic N) is 1. The van der Waals surface area contributed by atoms with Crippen LogP contribution in [-0.4, -0.2) is 18.8 Å². The Morgan fingerprint density at radius 3 is 2.43 bits per heavy atom. The van der Waals surface area contributed by atoms with Crippen molar-refractivity contribution in [3.63, 3.8) is 0 Å². The third-order valence-electron chi connectivity index (χ3n) is 3.37. The topological polar surface area (TPSA) is 29.5 Å². The van der Waals surface area contributed by atoms with Gasteiger partial charge in [0.15, 0.2) is 0 Å². The first-order valence-electron chi connectivity index (χ1n) is 6.52. The summed E-state index contributed by atoms with van der Waals surface area (Å²) >= 11 is 3.92. The highest BCUT2D eigenvalue weighted by Gasteiger charge is 2.33. The summed E-state index contributed by atoms with van der Waals surface area (Å²) in [5.41, 5.74) is 2.07. The SMILES string of the molecule is COc1ccc(C2SCC(=O)N2c2ccc(I)cc2)cc1. The molecule has 1 unspecified atom stereocenters. The molecule has 3 rings (SSSR count). The van der Waals surface area contributed by atoms with Crippen molar-refractivity contribution in [1.29, 1.82) is 0 Å². The van der Waals surface area contributed by atoms with E-state index >= 15 is 0 Å². The second-order valence-electron chi connectivity index (χ2n) is 4.68. The number of hydrogen-bond acceptors (Lipinski definition) is 3. The van der Waals surface area contributed by atoms with E-state index in [0.717, 1.165) is 20.6 Å². The average molecular weight is 411 g/mol. The number of anilines is 1. The first kappa shape index (κ1) is 14.7. The second kappa shape index (κ2) is 6.27. The molecule has 2 aromatic rings. The van der Waals surface area contributed by atoms with E-state index in [-0.39, 0.29) is 11.3 Å². The molecule has 0 aliphatic carbocycles. The minimum absolute atomic E-state index is 0.0310. The largest absolute Gasteiger partial charge is 0.497 e. The monoisotopic (exact) mass is 411 g/mol. The molecule has 21 heavy (non-hydrogen) atoms. The number of amides is 1. The number of carbonyl (C=O) groups is 1. The predicted octanol–water partition coefficient (Wildman–Crippen LogP) is 4.08. The van der Waals surface area contributed by atoms with Gasteiger partial charge < -0.3 is 4.74 Å². The van der Waals surface area contributed by atoms with Gasteiger partial charge in [0.25, 0.3) is 0 Å². The van der Waals surface area contributed by atoms with Gasteiger partial charge in [-0.3, -0.25) is 9.69 Å². The van der Waals surface area contributed by atoms with Crippen LogP contribution in [0.1, 0.15) is 10.9 Å². The average Bonchev–Trinajstić information content (AvgIpc) is 2.90. The van der Waals surface area contributed by atoms with Crippen LogP contribution in [0, 0.1) is 3.57 Å². The van der Waals surface area contributed by atoms with E-state index in [1.807, 2.05) is 53.4 Å². The Hall–Kier alpha value is -1.21. The molecule has 5 heteroatoms. The van der Waals surface area contributed by atoms with Gasteiger partial charge >= 0.3 is 0 Å². The van der Waals surface area contributed by atoms with Crippen LogP contribution in [0.4, 0.5) is 5.69 Å². The summed E-state index contributed by atoms with van der Waals surface area (Å²) in [6.45, 7) is 0. The van der Waals surface area contributed by atoms with Gasteiger partial charge in [0.05, 0.1) is 12.9 Å². The van der Waals surface area contributed by atoms with Crippen LogP contribution in [0.15, 0.2) is 48.5 Å². The molecule has 2 aromatic carbocycles. The molecule has 1 aliphatic rings. The predicted molar refractivity (Wildman–Crippen MR) is 94.8 cm³/mol. The van der Waals surface area contributed by atoms with Crippen molar-refractivity contribution in [2.24, 2.45) is 0 Å². The minimum atomic E-state index is 0.0310. The fraction of sp³-hybridized carbons (Fsp3) is 0.188. The van der Waals surface area contributed by atoms with Gasteiger partial charge in [0, 0.05) is 9.26 Å². The van der Waals surface area contributed by atoms with E-state index in [2.05, 4.69) is 22.6 Å². The Morgan fingerprint density at radius 1 is 1.14 bits per heavy atom. The van der Waals surface area contributed by atoms with E-state index in [1.165, 1.54) is 0 Å². The third kappa shape index (κ3) is 3.03. The minimum Gasteiger partial charge on any atom is -0.497 e. The molecular weight excluding hydrogens is 397 g/mol. The zero-order valence-electron chi connectivity index (χ0n) is 11.5. The van der Waals surface area contributed by atoms with Gasteiger partial charge in [-0.1, -0.05) is 12.1 Å². The summed E-state index contributed by atoms with van der Waals surface area (Å²) in [6.07, 6.45) is 0. The number of rotatable bonds is 3. The Morgan fingerprint density at radius 2 is 1.81 bits per heavy atom. The molecule has 108 valence electrons. The first-order valence-corrected chi connectivity index (χ1v) is 8.65. The standard InChI is InChI=1S/C16H14INO2S/c1-20-14-8-2-11(3-9-14)16-18(15(19)10-21-16)13-6-4-12(17)5-7-13/h2-9,16H,10H2,1H3. The second-order valence-corrected chi connectivity index (χ2v) is 6.99. The fourth-order valence-electron chi connectivity index (χ4n) is 2.32. The lowest BCUT2D eigenvalue weighted by Crippen LogP contribution is -2.27. The maximum atomic E-state index is 12.2. The normalized spacial score (nSPS) is 18.1. The highest BCUT2D eigenvalue weighted by Crippen LogP contribution is 2.42. The summed E-state index contributed by atoms with van der Waals surface area (Å²) < 4.78 is 6.35. The molecule has 0 saturated carbocycles. The van der Waals surface area contributed by atoms with Gasteiger partial charge in [-0.05, 0) is 64.6 Å². The van der Waals surface area contributed by atoms with E-state index in [4.69, 9.17) is 4.74 Å². The molecule has 1 saturated heterocycles. The van der Waals surface area contributed by atoms with E-state index in [9.17, 15) is 4.79 Å². The first-order chi connectivity index (χ1) is 10.2. The van der Waals surface area contributed by atoms with Crippen LogP contribution in [0.25, 0.3) is 0 Å². The Balaban J connectivity index is 1.93. The molecule has 0 bridgehead atoms. The van der Waals surface area contributed by atoms with Gasteiger partial charge in [-0.25, -0.2) is 0 Å². The van der Waals surface area contributed by atoms with Crippen LogP contribution in [0.5, 0.6) is 5.75 Å². The number of carbonyl (C=O) groups excluding carboxylic acids is 1. The van der Waals surface area contributed by atoms with Crippen molar-refractivity contribution < 1.29 is 9.53 Å². The quantitative estimate of drug-likeness (QED) is 0.714. The highest BCUT2D eigenvalue weighted by atomic mass is 127. The Kier molecular flexibility index (Phi) is 4.40. The molecule has 1 amide bonds. The van der Waals surface area contributed by atoms with E-state index in [1.54, 1.807) is 18.9 Å². The van der Waals surface area contributed by atoms with Crippen LogP contribution in [0.3, 0.4) is 0 Å². The maximum absolute atomic E-state index is 12.2. The summed E-state index contributed by atoms with van der Waals surface area (Å²) in [6, 6.07) is 16.0. The van der Waals surface area contributed by atoms with Crippen molar-refractivity contribution in [2.75, 3.05) is 17.8 Å². The fourth-order valence-corrected chi connectivity index (χ4v) is 3.86. The Bertz CT molecular complexity index is 642. The van der Waals surface area contributed by atoms with Gasteiger partial charge in [0.2, 0.25) is 5.91 Å². The summed E-state index contributed by atoms with van der Waals surface area (Å²) in [7, 11) is 1.65. The van der Waals surface area contributed by atoms with E-state index < -0.39 is 0 Å². The lowest BCUT2D eigenvalue weighted by atomic mass is 10.2. The lowest BCUT2D eigenvalue weighted by molar-refractivity contribution is -0.115. The molecule has 1 heterocycles. The molecule has 0 N–H and O–H groups in total. The van der Waals surface area contributed by atoms with Crippen molar-refractivity contribution in [1.82, 2.24) is 0 Å². The zero-order chi connectivity index (χ0) is 14.8. The Labute approximate surface area is 141 Å². The summed E-state index contributed by atoms with van der Waals surface area (Å²) in [5.74, 6) is 1.50. The lowest BCUT2D eigenvalue weighted by Gasteiger charge is -2.24. The van der Waals surface area contributed by atoms with Crippen LogP contribution in [-0.2, 0) is 4.79 Å². The molecule has 0 spiro atoms. The molecule has 1 aliphatic heterocycles. The molecular formula is C16H14INO2S. The molecule has 1 atom stereocenters. The molecule has 3 nitrogen and oxygen atoms in total. The smallest absolute Gasteiger partial charge is 0.238 e. The van der Waals surface area contributed by atoms with Gasteiger partial charge in [0.1, 0.15) is 11.1 Å². The molecule has 0 radical (unpaired) electrons. The van der Waals surface area contributed by atoms with Crippen molar-refractivity contribution in [3.05, 3.63) is 57.7 Å². The van der Waals surface area contributed by atoms with Crippen LogP contribution >= 0.6 is 34.4 Å². The number of ether oxygens (including phenoxy) is 1. The van der Waals surface area contributed by atoms with E-state index in [0.29, 0.717) is 5.75 Å². The number of thioether (sulfide) groups is 1. The summed E-state index contributed by atoms with van der Waals surface area (Å²) in [4.78, 5) is 14.1. The number of benzene rings is 2. The number of halogens is 1.